The summed E-state index contributed by atoms with van der Waals surface area (Å²) in [6, 6.07) is 5.62. The van der Waals surface area contributed by atoms with Crippen molar-refractivity contribution in [2.45, 2.75) is 18.9 Å². The van der Waals surface area contributed by atoms with Crippen LogP contribution in [0.1, 0.15) is 29.4 Å². The fourth-order valence-corrected chi connectivity index (χ4v) is 3.29. The number of carbonyl (C=O) groups is 1. The summed E-state index contributed by atoms with van der Waals surface area (Å²) in [5.41, 5.74) is 0.987. The van der Waals surface area contributed by atoms with E-state index in [9.17, 15) is 4.79 Å². The predicted molar refractivity (Wildman–Crippen MR) is 112 cm³/mol. The number of nitrogens with zero attached hydrogens (tertiary/aromatic N) is 4. The molecule has 1 fully saturated rings. The van der Waals surface area contributed by atoms with Crippen LogP contribution in [-0.4, -0.2) is 68.5 Å². The van der Waals surface area contributed by atoms with Gasteiger partial charge in [0, 0.05) is 25.4 Å². The number of rotatable bonds is 8. The van der Waals surface area contributed by atoms with Gasteiger partial charge in [0.15, 0.2) is 17.2 Å². The molecule has 0 bridgehead atoms. The average molecular weight is 426 g/mol. The summed E-state index contributed by atoms with van der Waals surface area (Å²) in [7, 11) is 4.74. The second-order valence-electron chi connectivity index (χ2n) is 6.55. The normalized spacial score (nSPS) is 14.2. The second-order valence-corrected chi connectivity index (χ2v) is 6.55. The molecule has 2 aromatic rings. The minimum absolute atomic E-state index is 0. The molecule has 1 N–H and O–H groups in total. The van der Waals surface area contributed by atoms with Crippen molar-refractivity contribution in [2.24, 2.45) is 0 Å². The lowest BCUT2D eigenvalue weighted by Crippen LogP contribution is -2.34. The van der Waals surface area contributed by atoms with E-state index in [1.807, 2.05) is 6.07 Å². The molecule has 9 nitrogen and oxygen atoms in total. The van der Waals surface area contributed by atoms with Crippen LogP contribution in [0.5, 0.6) is 11.5 Å². The molecule has 1 aromatic heterocycles. The van der Waals surface area contributed by atoms with E-state index >= 15 is 0 Å². The lowest BCUT2D eigenvalue weighted by Gasteiger charge is -2.23. The van der Waals surface area contributed by atoms with Crippen LogP contribution in [0, 0.1) is 0 Å². The number of hydrogen-bond donors (Lipinski definition) is 1. The summed E-state index contributed by atoms with van der Waals surface area (Å²) >= 11 is 0. The van der Waals surface area contributed by atoms with Gasteiger partial charge in [-0.2, -0.15) is 0 Å². The Labute approximate surface area is 176 Å². The number of ether oxygens (including phenoxy) is 3. The summed E-state index contributed by atoms with van der Waals surface area (Å²) in [6.45, 7) is 2.66. The largest absolute Gasteiger partial charge is 0.493 e. The number of hydrogen-bond acceptors (Lipinski definition) is 7. The van der Waals surface area contributed by atoms with Crippen LogP contribution in [0.25, 0.3) is 0 Å². The number of anilines is 1. The monoisotopic (exact) mass is 425 g/mol. The molecule has 3 rings (SSSR count). The summed E-state index contributed by atoms with van der Waals surface area (Å²) < 4.78 is 17.6. The van der Waals surface area contributed by atoms with Crippen molar-refractivity contribution in [1.82, 2.24) is 20.3 Å². The molecule has 29 heavy (non-hydrogen) atoms. The van der Waals surface area contributed by atoms with Crippen molar-refractivity contribution in [3.05, 3.63) is 30.1 Å². The van der Waals surface area contributed by atoms with E-state index in [4.69, 9.17) is 14.2 Å². The number of benzene rings is 1. The highest BCUT2D eigenvalue weighted by molar-refractivity contribution is 6.04. The molecule has 1 saturated heterocycles. The number of carbonyl (C=O) groups excluding carboxylic acids is 1. The fourth-order valence-electron chi connectivity index (χ4n) is 3.29. The molecule has 0 saturated carbocycles. The third kappa shape index (κ3) is 5.37. The Morgan fingerprint density at radius 2 is 1.93 bits per heavy atom. The van der Waals surface area contributed by atoms with Crippen LogP contribution >= 0.6 is 12.4 Å². The molecule has 0 unspecified atom stereocenters. The molecule has 2 heterocycles. The number of piperidine rings is 1. The average Bonchev–Trinajstić information content (AvgIpc) is 3.24. The van der Waals surface area contributed by atoms with Crippen molar-refractivity contribution >= 4 is 24.0 Å². The maximum Gasteiger partial charge on any atom is 0.280 e. The first-order chi connectivity index (χ1) is 13.7. The molecule has 1 aromatic carbocycles. The minimum atomic E-state index is -0.232. The van der Waals surface area contributed by atoms with Crippen LogP contribution in [0.4, 0.5) is 5.69 Å². The van der Waals surface area contributed by atoms with Gasteiger partial charge >= 0.3 is 0 Å². The van der Waals surface area contributed by atoms with Crippen molar-refractivity contribution < 1.29 is 19.0 Å². The number of methoxy groups -OCH3 is 3. The highest BCUT2D eigenvalue weighted by Crippen LogP contribution is 2.32. The van der Waals surface area contributed by atoms with Crippen LogP contribution in [0.15, 0.2) is 24.4 Å². The molecule has 0 radical (unpaired) electrons. The maximum atomic E-state index is 13.2. The molecule has 1 amide bonds. The van der Waals surface area contributed by atoms with Gasteiger partial charge < -0.3 is 24.4 Å². The first kappa shape index (κ1) is 22.9. The lowest BCUT2D eigenvalue weighted by atomic mass is 10.1. The number of nitrogens with one attached hydrogen (secondary N) is 1. The smallest absolute Gasteiger partial charge is 0.280 e. The Hall–Kier alpha value is -2.36. The highest BCUT2D eigenvalue weighted by atomic mass is 35.5. The lowest BCUT2D eigenvalue weighted by molar-refractivity contribution is 0.0971. The predicted octanol–water partition coefficient (Wildman–Crippen LogP) is 1.93. The molecular formula is C19H28ClN5O4. The first-order valence-corrected chi connectivity index (χ1v) is 9.33. The highest BCUT2D eigenvalue weighted by Gasteiger charge is 2.24. The van der Waals surface area contributed by atoms with Crippen molar-refractivity contribution in [2.75, 3.05) is 52.5 Å². The standard InChI is InChI=1S/C19H27N5O4.ClH/c1-26-11-10-23(15-4-5-17(27-2)18(12-15)28-3)19(25)16-13-24(22-21-16)14-6-8-20-9-7-14;/h4-5,12-14,20H,6-11H2,1-3H3;1H. The van der Waals surface area contributed by atoms with E-state index in [1.165, 1.54) is 0 Å². The Morgan fingerprint density at radius 3 is 2.59 bits per heavy atom. The second kappa shape index (κ2) is 11.0. The Balaban J connectivity index is 0.00000300. The van der Waals surface area contributed by atoms with Gasteiger partial charge in [0.1, 0.15) is 0 Å². The maximum absolute atomic E-state index is 13.2. The molecule has 160 valence electrons. The summed E-state index contributed by atoms with van der Waals surface area (Å²) in [6.07, 6.45) is 3.68. The third-order valence-electron chi connectivity index (χ3n) is 4.86. The Bertz CT molecular complexity index is 795. The van der Waals surface area contributed by atoms with Crippen molar-refractivity contribution in [1.29, 1.82) is 0 Å². The summed E-state index contributed by atoms with van der Waals surface area (Å²) in [5, 5.41) is 11.6. The van der Waals surface area contributed by atoms with Gasteiger partial charge in [0.2, 0.25) is 0 Å². The molecule has 0 spiro atoms. The quantitative estimate of drug-likeness (QED) is 0.691. The fraction of sp³-hybridized carbons (Fsp3) is 0.526. The Kier molecular flexibility index (Phi) is 8.69. The van der Waals surface area contributed by atoms with Gasteiger partial charge in [0.25, 0.3) is 5.91 Å². The number of aromatic nitrogens is 3. The third-order valence-corrected chi connectivity index (χ3v) is 4.86. The van der Waals surface area contributed by atoms with Gasteiger partial charge in [-0.3, -0.25) is 4.79 Å². The van der Waals surface area contributed by atoms with E-state index in [1.54, 1.807) is 49.2 Å². The molecule has 1 aliphatic rings. The molecule has 10 heteroatoms. The van der Waals surface area contributed by atoms with Gasteiger partial charge in [0.05, 0.1) is 33.1 Å². The van der Waals surface area contributed by atoms with E-state index < -0.39 is 0 Å². The number of amides is 1. The molecule has 0 atom stereocenters. The van der Waals surface area contributed by atoms with Crippen LogP contribution < -0.4 is 19.7 Å². The first-order valence-electron chi connectivity index (χ1n) is 9.33. The van der Waals surface area contributed by atoms with Gasteiger partial charge in [-0.1, -0.05) is 5.21 Å². The number of halogens is 1. The SMILES string of the molecule is COCCN(C(=O)c1cn(C2CCNCC2)nn1)c1ccc(OC)c(OC)c1.Cl. The zero-order valence-corrected chi connectivity index (χ0v) is 17.8. The van der Waals surface area contributed by atoms with E-state index in [0.717, 1.165) is 25.9 Å². The molecule has 0 aliphatic carbocycles. The van der Waals surface area contributed by atoms with Gasteiger partial charge in [-0.15, -0.1) is 17.5 Å². The zero-order valence-electron chi connectivity index (χ0n) is 17.0. The summed E-state index contributed by atoms with van der Waals surface area (Å²) in [5.74, 6) is 0.917. The van der Waals surface area contributed by atoms with Gasteiger partial charge in [-0.05, 0) is 38.1 Å². The van der Waals surface area contributed by atoms with Crippen LogP contribution in [0.2, 0.25) is 0 Å². The zero-order chi connectivity index (χ0) is 19.9. The molecule has 1 aliphatic heterocycles. The summed E-state index contributed by atoms with van der Waals surface area (Å²) in [4.78, 5) is 14.8. The minimum Gasteiger partial charge on any atom is -0.493 e. The van der Waals surface area contributed by atoms with Crippen LogP contribution in [-0.2, 0) is 4.74 Å². The van der Waals surface area contributed by atoms with Crippen molar-refractivity contribution in [3.63, 3.8) is 0 Å². The van der Waals surface area contributed by atoms with E-state index in [-0.39, 0.29) is 24.4 Å². The van der Waals surface area contributed by atoms with E-state index in [2.05, 4.69) is 15.6 Å². The van der Waals surface area contributed by atoms with Gasteiger partial charge in [-0.25, -0.2) is 4.68 Å². The van der Waals surface area contributed by atoms with Crippen LogP contribution in [0.3, 0.4) is 0 Å². The van der Waals surface area contributed by atoms with E-state index in [0.29, 0.717) is 36.0 Å². The van der Waals surface area contributed by atoms with Crippen molar-refractivity contribution in [3.8, 4) is 11.5 Å². The Morgan fingerprint density at radius 1 is 1.21 bits per heavy atom. The topological polar surface area (TPSA) is 90.7 Å². The molecular weight excluding hydrogens is 398 g/mol.